The molecule has 40 heavy (non-hydrogen) atoms. The van der Waals surface area contributed by atoms with E-state index in [0.717, 1.165) is 0 Å². The predicted molar refractivity (Wildman–Crippen MR) is 126 cm³/mol. The van der Waals surface area contributed by atoms with E-state index in [1.54, 1.807) is 0 Å². The fourth-order valence-electron chi connectivity index (χ4n) is 4.67. The SMILES string of the molecule is CC(=O)N[C@H]1[C@H](OCCN)O[C@H](CO)[C@@H](O[C@@H]2O[C@H](CO[C@H]3O[C@H](CO)[C@H](O)[C@H](O)[C@H]3O)[C@H](O)[C@H](O)[C@H]2O)[C@@H]1O. The second-order valence-corrected chi connectivity index (χ2v) is 9.75. The normalized spacial score (nSPS) is 46.2. The van der Waals surface area contributed by atoms with E-state index in [2.05, 4.69) is 5.32 Å². The van der Waals surface area contributed by atoms with Crippen molar-refractivity contribution in [1.29, 1.82) is 0 Å². The van der Waals surface area contributed by atoms with Gasteiger partial charge in [-0.15, -0.1) is 0 Å². The third-order valence-corrected chi connectivity index (χ3v) is 6.86. The number of hydrogen-bond acceptors (Lipinski definition) is 17. The molecule has 12 N–H and O–H groups in total. The quantitative estimate of drug-likeness (QED) is 0.107. The van der Waals surface area contributed by atoms with Gasteiger partial charge in [0, 0.05) is 13.5 Å². The number of nitrogens with two attached hydrogens (primary N) is 1. The van der Waals surface area contributed by atoms with Crippen LogP contribution in [0.5, 0.6) is 0 Å². The summed E-state index contributed by atoms with van der Waals surface area (Å²) in [6.07, 6.45) is -22.1. The number of carbonyl (C=O) groups excluding carboxylic acids is 1. The molecule has 0 aromatic heterocycles. The van der Waals surface area contributed by atoms with E-state index >= 15 is 0 Å². The minimum absolute atomic E-state index is 0.00179. The molecule has 3 fully saturated rings. The number of amides is 1. The first kappa shape index (κ1) is 33.3. The molecule has 0 spiro atoms. The van der Waals surface area contributed by atoms with E-state index in [1.807, 2.05) is 0 Å². The molecule has 3 heterocycles. The molecule has 0 aromatic rings. The van der Waals surface area contributed by atoms with Gasteiger partial charge in [0.1, 0.15) is 73.2 Å². The van der Waals surface area contributed by atoms with Crippen molar-refractivity contribution < 1.29 is 79.2 Å². The van der Waals surface area contributed by atoms with Gasteiger partial charge in [0.2, 0.25) is 5.91 Å². The smallest absolute Gasteiger partial charge is 0.217 e. The Balaban J connectivity index is 1.71. The van der Waals surface area contributed by atoms with Crippen LogP contribution < -0.4 is 11.1 Å². The minimum atomic E-state index is -1.87. The third kappa shape index (κ3) is 7.42. The molecule has 0 aliphatic carbocycles. The van der Waals surface area contributed by atoms with Gasteiger partial charge in [-0.1, -0.05) is 0 Å². The number of nitrogens with one attached hydrogen (secondary N) is 1. The van der Waals surface area contributed by atoms with E-state index in [4.69, 9.17) is 34.2 Å². The van der Waals surface area contributed by atoms with Gasteiger partial charge in [0.15, 0.2) is 18.9 Å². The van der Waals surface area contributed by atoms with Crippen molar-refractivity contribution in [1.82, 2.24) is 5.32 Å². The summed E-state index contributed by atoms with van der Waals surface area (Å²) in [5.41, 5.74) is 5.44. The molecule has 0 aromatic carbocycles. The Morgan fingerprint density at radius 2 is 1.27 bits per heavy atom. The molecule has 3 rings (SSSR count). The number of hydrogen-bond donors (Lipinski definition) is 11. The Morgan fingerprint density at radius 1 is 0.725 bits per heavy atom. The largest absolute Gasteiger partial charge is 0.394 e. The van der Waals surface area contributed by atoms with Gasteiger partial charge < -0.3 is 85.4 Å². The predicted octanol–water partition coefficient (Wildman–Crippen LogP) is -7.45. The van der Waals surface area contributed by atoms with Crippen LogP contribution in [0.25, 0.3) is 0 Å². The molecule has 18 nitrogen and oxygen atoms in total. The number of aliphatic hydroxyl groups excluding tert-OH is 9. The summed E-state index contributed by atoms with van der Waals surface area (Å²) in [5, 5.41) is 94.1. The van der Waals surface area contributed by atoms with Crippen molar-refractivity contribution in [3.8, 4) is 0 Å². The maximum Gasteiger partial charge on any atom is 0.217 e. The van der Waals surface area contributed by atoms with Crippen LogP contribution in [-0.2, 0) is 33.2 Å². The highest BCUT2D eigenvalue weighted by molar-refractivity contribution is 5.73. The van der Waals surface area contributed by atoms with E-state index in [1.165, 1.54) is 6.92 Å². The minimum Gasteiger partial charge on any atom is -0.394 e. The molecule has 3 saturated heterocycles. The second kappa shape index (κ2) is 14.8. The molecule has 0 saturated carbocycles. The highest BCUT2D eigenvalue weighted by Gasteiger charge is 2.52. The van der Waals surface area contributed by atoms with E-state index in [-0.39, 0.29) is 13.2 Å². The van der Waals surface area contributed by atoms with Crippen LogP contribution in [0, 0.1) is 0 Å². The molecule has 0 bridgehead atoms. The fraction of sp³-hybridized carbons (Fsp3) is 0.955. The number of rotatable bonds is 11. The standard InChI is InChI=1S/C22H40N2O16/c1-7(27)24-11-14(30)19(9(5-26)38-20(11)35-3-2-23)40-22-18(34)16(32)13(29)10(39-22)6-36-21-17(33)15(31)12(28)8(4-25)37-21/h8-22,25-26,28-34H,2-6,23H2,1H3,(H,24,27)/t8-,9-,10-,11-,12+,13+,14-,15+,16+,17-,18-,19-,20-,21+,22+/m1/s1. The third-order valence-electron chi connectivity index (χ3n) is 6.86. The lowest BCUT2D eigenvalue weighted by Crippen LogP contribution is -2.67. The zero-order chi connectivity index (χ0) is 29.7. The summed E-state index contributed by atoms with van der Waals surface area (Å²) in [6, 6.07) is -1.20. The molecular formula is C22H40N2O16. The topological polar surface area (TPSA) is 293 Å². The summed E-state index contributed by atoms with van der Waals surface area (Å²) >= 11 is 0. The molecule has 18 heteroatoms. The van der Waals surface area contributed by atoms with Crippen molar-refractivity contribution >= 4 is 5.91 Å². The summed E-state index contributed by atoms with van der Waals surface area (Å²) in [6.45, 7) is -0.724. The summed E-state index contributed by atoms with van der Waals surface area (Å²) in [4.78, 5) is 11.7. The highest BCUT2D eigenvalue weighted by Crippen LogP contribution is 2.30. The molecule has 15 atom stereocenters. The Morgan fingerprint density at radius 3 is 1.85 bits per heavy atom. The molecule has 0 radical (unpaired) electrons. The van der Waals surface area contributed by atoms with E-state index in [9.17, 15) is 50.8 Å². The molecule has 3 aliphatic heterocycles. The molecule has 0 unspecified atom stereocenters. The summed E-state index contributed by atoms with van der Waals surface area (Å²) in [7, 11) is 0. The Bertz CT molecular complexity index is 796. The van der Waals surface area contributed by atoms with E-state index < -0.39 is 118 Å². The second-order valence-electron chi connectivity index (χ2n) is 9.75. The highest BCUT2D eigenvalue weighted by atomic mass is 16.7. The van der Waals surface area contributed by atoms with Crippen molar-refractivity contribution in [2.24, 2.45) is 5.73 Å². The first-order valence-electron chi connectivity index (χ1n) is 12.8. The van der Waals surface area contributed by atoms with Crippen LogP contribution >= 0.6 is 0 Å². The maximum absolute atomic E-state index is 11.7. The molecular weight excluding hydrogens is 548 g/mol. The lowest BCUT2D eigenvalue weighted by Gasteiger charge is -2.47. The van der Waals surface area contributed by atoms with E-state index in [0.29, 0.717) is 0 Å². The van der Waals surface area contributed by atoms with Crippen molar-refractivity contribution in [2.75, 3.05) is 33.0 Å². The number of carbonyl (C=O) groups is 1. The van der Waals surface area contributed by atoms with Crippen LogP contribution in [0.3, 0.4) is 0 Å². The lowest BCUT2D eigenvalue weighted by atomic mass is 9.95. The van der Waals surface area contributed by atoms with Crippen molar-refractivity contribution in [3.63, 3.8) is 0 Å². The average Bonchev–Trinajstić information content (AvgIpc) is 2.93. The summed E-state index contributed by atoms with van der Waals surface area (Å²) < 4.78 is 33.0. The molecule has 3 aliphatic rings. The van der Waals surface area contributed by atoms with Gasteiger partial charge in [-0.25, -0.2) is 0 Å². The van der Waals surface area contributed by atoms with Crippen LogP contribution in [0.4, 0.5) is 0 Å². The van der Waals surface area contributed by atoms with Crippen molar-refractivity contribution in [2.45, 2.75) is 99.0 Å². The monoisotopic (exact) mass is 588 g/mol. The first-order valence-corrected chi connectivity index (χ1v) is 12.8. The summed E-state index contributed by atoms with van der Waals surface area (Å²) in [5.74, 6) is -0.548. The van der Waals surface area contributed by atoms with Gasteiger partial charge in [0.25, 0.3) is 0 Å². The van der Waals surface area contributed by atoms with Crippen LogP contribution in [-0.4, -0.2) is 177 Å². The van der Waals surface area contributed by atoms with Gasteiger partial charge in [-0.05, 0) is 0 Å². The van der Waals surface area contributed by atoms with Crippen LogP contribution in [0.15, 0.2) is 0 Å². The zero-order valence-corrected chi connectivity index (χ0v) is 21.7. The van der Waals surface area contributed by atoms with Crippen molar-refractivity contribution in [3.05, 3.63) is 0 Å². The Labute approximate surface area is 228 Å². The maximum atomic E-state index is 11.7. The fourth-order valence-corrected chi connectivity index (χ4v) is 4.67. The lowest BCUT2D eigenvalue weighted by molar-refractivity contribution is -0.356. The van der Waals surface area contributed by atoms with Gasteiger partial charge in [-0.3, -0.25) is 4.79 Å². The van der Waals surface area contributed by atoms with Gasteiger partial charge >= 0.3 is 0 Å². The molecule has 234 valence electrons. The van der Waals surface area contributed by atoms with Crippen LogP contribution in [0.2, 0.25) is 0 Å². The van der Waals surface area contributed by atoms with Gasteiger partial charge in [0.05, 0.1) is 26.4 Å². The first-order chi connectivity index (χ1) is 18.9. The number of aliphatic hydroxyl groups is 9. The van der Waals surface area contributed by atoms with Crippen LogP contribution in [0.1, 0.15) is 6.92 Å². The average molecular weight is 589 g/mol. The van der Waals surface area contributed by atoms with Gasteiger partial charge in [-0.2, -0.15) is 0 Å². The Hall–Kier alpha value is -1.17. The Kier molecular flexibility index (Phi) is 12.4. The number of ether oxygens (including phenoxy) is 6. The zero-order valence-electron chi connectivity index (χ0n) is 21.7. The molecule has 1 amide bonds.